The smallest absolute Gasteiger partial charge is 0.407 e. The molecule has 1 aliphatic heterocycles. The second-order valence-electron chi connectivity index (χ2n) is 6.86. The number of nitrogens with one attached hydrogen (secondary N) is 2. The Balaban J connectivity index is 2.22. The Bertz CT molecular complexity index is 579. The van der Waals surface area contributed by atoms with Gasteiger partial charge in [-0.25, -0.2) is 13.6 Å². The fourth-order valence-electron chi connectivity index (χ4n) is 2.85. The fourth-order valence-corrected chi connectivity index (χ4v) is 2.85. The highest BCUT2D eigenvalue weighted by molar-refractivity contribution is 5.68. The van der Waals surface area contributed by atoms with Crippen molar-refractivity contribution < 1.29 is 23.0 Å². The molecule has 1 aromatic rings. The van der Waals surface area contributed by atoms with Crippen LogP contribution < -0.4 is 15.4 Å². The molecule has 24 heavy (non-hydrogen) atoms. The van der Waals surface area contributed by atoms with Crippen LogP contribution in [0.2, 0.25) is 0 Å². The number of hydrogen-bond donors (Lipinski definition) is 2. The van der Waals surface area contributed by atoms with Gasteiger partial charge in [-0.3, -0.25) is 0 Å². The first-order valence-electron chi connectivity index (χ1n) is 7.94. The van der Waals surface area contributed by atoms with E-state index in [1.54, 1.807) is 20.8 Å². The van der Waals surface area contributed by atoms with Crippen LogP contribution in [0.15, 0.2) is 12.1 Å². The Hall–Kier alpha value is -1.89. The normalized spacial score (nSPS) is 21.2. The predicted octanol–water partition coefficient (Wildman–Crippen LogP) is 2.94. The highest BCUT2D eigenvalue weighted by Crippen LogP contribution is 2.32. The average molecular weight is 342 g/mol. The minimum absolute atomic E-state index is 0.0293. The summed E-state index contributed by atoms with van der Waals surface area (Å²) in [5, 5.41) is 5.84. The minimum atomic E-state index is -0.672. The van der Waals surface area contributed by atoms with E-state index in [4.69, 9.17) is 9.47 Å². The molecule has 1 unspecified atom stereocenters. The molecule has 1 fully saturated rings. The number of alkyl carbamates (subject to hydrolysis) is 1. The van der Waals surface area contributed by atoms with Gasteiger partial charge >= 0.3 is 6.09 Å². The van der Waals surface area contributed by atoms with E-state index in [0.29, 0.717) is 19.5 Å². The van der Waals surface area contributed by atoms with Gasteiger partial charge in [-0.05, 0) is 33.7 Å². The number of hydrogen-bond acceptors (Lipinski definition) is 4. The van der Waals surface area contributed by atoms with Crippen LogP contribution in [0.4, 0.5) is 13.6 Å². The summed E-state index contributed by atoms with van der Waals surface area (Å²) >= 11 is 0. The molecule has 2 rings (SSSR count). The van der Waals surface area contributed by atoms with Gasteiger partial charge in [0.05, 0.1) is 13.2 Å². The molecule has 0 aromatic heterocycles. The predicted molar refractivity (Wildman–Crippen MR) is 86.3 cm³/mol. The summed E-state index contributed by atoms with van der Waals surface area (Å²) in [6, 6.07) is 1.85. The van der Waals surface area contributed by atoms with Gasteiger partial charge in [0.1, 0.15) is 23.0 Å². The maximum Gasteiger partial charge on any atom is 0.407 e. The molecule has 7 heteroatoms. The zero-order chi connectivity index (χ0) is 17.9. The van der Waals surface area contributed by atoms with Gasteiger partial charge in [0, 0.05) is 30.2 Å². The van der Waals surface area contributed by atoms with Gasteiger partial charge in [0.2, 0.25) is 0 Å². The van der Waals surface area contributed by atoms with E-state index in [2.05, 4.69) is 10.6 Å². The summed E-state index contributed by atoms with van der Waals surface area (Å²) in [5.74, 6) is -1.70. The van der Waals surface area contributed by atoms with Crippen LogP contribution in [0, 0.1) is 11.6 Å². The van der Waals surface area contributed by atoms with Gasteiger partial charge in [-0.1, -0.05) is 0 Å². The number of rotatable bonds is 3. The quantitative estimate of drug-likeness (QED) is 0.887. The molecule has 0 bridgehead atoms. The molecule has 5 nitrogen and oxygen atoms in total. The average Bonchev–Trinajstić information content (AvgIpc) is 2.46. The van der Waals surface area contributed by atoms with Gasteiger partial charge in [-0.15, -0.1) is 0 Å². The number of methoxy groups -OCH3 is 1. The Morgan fingerprint density at radius 2 is 1.92 bits per heavy atom. The third kappa shape index (κ3) is 4.56. The zero-order valence-corrected chi connectivity index (χ0v) is 14.4. The monoisotopic (exact) mass is 342 g/mol. The summed E-state index contributed by atoms with van der Waals surface area (Å²) < 4.78 is 38.9. The lowest BCUT2D eigenvalue weighted by Gasteiger charge is -2.34. The van der Waals surface area contributed by atoms with E-state index >= 15 is 0 Å². The van der Waals surface area contributed by atoms with E-state index in [-0.39, 0.29) is 11.3 Å². The van der Waals surface area contributed by atoms with Crippen LogP contribution in [0.3, 0.4) is 0 Å². The molecule has 0 radical (unpaired) electrons. The summed E-state index contributed by atoms with van der Waals surface area (Å²) in [5.41, 5.74) is -0.670. The number of piperidine rings is 1. The number of halogens is 2. The maximum atomic E-state index is 14.4. The van der Waals surface area contributed by atoms with Crippen molar-refractivity contribution in [2.24, 2.45) is 0 Å². The number of ether oxygens (including phenoxy) is 2. The summed E-state index contributed by atoms with van der Waals surface area (Å²) in [7, 11) is 1.35. The molecule has 134 valence electrons. The molecule has 0 spiro atoms. The summed E-state index contributed by atoms with van der Waals surface area (Å²) in [4.78, 5) is 12.0. The number of benzene rings is 1. The number of carbonyl (C=O) groups excluding carboxylic acids is 1. The summed E-state index contributed by atoms with van der Waals surface area (Å²) in [6.45, 7) is 6.29. The van der Waals surface area contributed by atoms with Crippen molar-refractivity contribution in [1.29, 1.82) is 0 Å². The third-order valence-electron chi connectivity index (χ3n) is 3.84. The Labute approximate surface area is 140 Å². The lowest BCUT2D eigenvalue weighted by Crippen LogP contribution is -2.51. The first-order valence-corrected chi connectivity index (χ1v) is 7.94. The zero-order valence-electron chi connectivity index (χ0n) is 14.4. The molecule has 2 atom stereocenters. The Morgan fingerprint density at radius 3 is 2.46 bits per heavy atom. The lowest BCUT2D eigenvalue weighted by molar-refractivity contribution is 0.0488. The van der Waals surface area contributed by atoms with Crippen LogP contribution in [0.25, 0.3) is 0 Å². The molecule has 1 amide bonds. The molecule has 0 saturated carbocycles. The molecule has 1 aromatic carbocycles. The lowest BCUT2D eigenvalue weighted by atomic mass is 9.85. The van der Waals surface area contributed by atoms with Crippen molar-refractivity contribution in [3.8, 4) is 5.75 Å². The van der Waals surface area contributed by atoms with E-state index in [1.807, 2.05) is 0 Å². The molecule has 2 N–H and O–H groups in total. The van der Waals surface area contributed by atoms with Gasteiger partial charge in [0.15, 0.2) is 0 Å². The fraction of sp³-hybridized carbons (Fsp3) is 0.588. The van der Waals surface area contributed by atoms with Crippen molar-refractivity contribution in [2.75, 3.05) is 20.2 Å². The molecular weight excluding hydrogens is 318 g/mol. The molecule has 1 saturated heterocycles. The van der Waals surface area contributed by atoms with Crippen molar-refractivity contribution in [3.05, 3.63) is 29.3 Å². The molecule has 0 aliphatic carbocycles. The largest absolute Gasteiger partial charge is 0.497 e. The summed E-state index contributed by atoms with van der Waals surface area (Å²) in [6.07, 6.45) is -0.101. The van der Waals surface area contributed by atoms with Crippen LogP contribution in [-0.2, 0) is 4.74 Å². The van der Waals surface area contributed by atoms with Crippen LogP contribution in [0.1, 0.15) is 38.7 Å². The molecule has 1 heterocycles. The number of carbonyl (C=O) groups is 1. The van der Waals surface area contributed by atoms with Gasteiger partial charge in [-0.2, -0.15) is 0 Å². The van der Waals surface area contributed by atoms with Crippen LogP contribution in [-0.4, -0.2) is 37.9 Å². The van der Waals surface area contributed by atoms with E-state index < -0.39 is 35.3 Å². The van der Waals surface area contributed by atoms with Crippen LogP contribution in [0.5, 0.6) is 5.75 Å². The maximum absolute atomic E-state index is 14.4. The molecule has 1 aliphatic rings. The second kappa shape index (κ2) is 7.34. The first kappa shape index (κ1) is 18.4. The standard InChI is InChI=1S/C17H24F2N2O3/c1-17(2,3)24-16(22)21-14-9-20-6-5-11(14)15-12(18)7-10(23-4)8-13(15)19/h7-8,11,14,20H,5-6,9H2,1-4H3,(H,21,22)/t11?,14-/m0/s1. The Kier molecular flexibility index (Phi) is 5.64. The SMILES string of the molecule is COc1cc(F)c(C2CCNC[C@@H]2NC(=O)OC(C)(C)C)c(F)c1. The van der Waals surface area contributed by atoms with Crippen molar-refractivity contribution >= 4 is 6.09 Å². The highest BCUT2D eigenvalue weighted by Gasteiger charge is 2.33. The van der Waals surface area contributed by atoms with Gasteiger partial charge < -0.3 is 20.1 Å². The van der Waals surface area contributed by atoms with Crippen molar-refractivity contribution in [3.63, 3.8) is 0 Å². The van der Waals surface area contributed by atoms with E-state index in [0.717, 1.165) is 12.1 Å². The van der Waals surface area contributed by atoms with E-state index in [9.17, 15) is 13.6 Å². The van der Waals surface area contributed by atoms with Gasteiger partial charge in [0.25, 0.3) is 0 Å². The second-order valence-corrected chi connectivity index (χ2v) is 6.86. The highest BCUT2D eigenvalue weighted by atomic mass is 19.1. The van der Waals surface area contributed by atoms with Crippen LogP contribution >= 0.6 is 0 Å². The van der Waals surface area contributed by atoms with Crippen molar-refractivity contribution in [1.82, 2.24) is 10.6 Å². The topological polar surface area (TPSA) is 59.6 Å². The first-order chi connectivity index (χ1) is 11.2. The molecular formula is C17H24F2N2O3. The third-order valence-corrected chi connectivity index (χ3v) is 3.84. The van der Waals surface area contributed by atoms with E-state index in [1.165, 1.54) is 7.11 Å². The van der Waals surface area contributed by atoms with Crippen molar-refractivity contribution in [2.45, 2.75) is 44.8 Å². The number of amides is 1. The Morgan fingerprint density at radius 1 is 1.29 bits per heavy atom. The minimum Gasteiger partial charge on any atom is -0.497 e.